The molecule has 6 N–H and O–H groups in total. The summed E-state index contributed by atoms with van der Waals surface area (Å²) < 4.78 is 6.96. The van der Waals surface area contributed by atoms with Crippen LogP contribution >= 0.6 is 23.1 Å². The molecule has 2 aromatic heterocycles. The Kier molecular flexibility index (Phi) is 8.83. The lowest BCUT2D eigenvalue weighted by Gasteiger charge is -2.11. The Morgan fingerprint density at radius 3 is 2.66 bits per heavy atom. The number of ether oxygens (including phenoxy) is 1. The van der Waals surface area contributed by atoms with Crippen molar-refractivity contribution in [3.05, 3.63) is 72.6 Å². The molecule has 0 radical (unpaired) electrons. The molecular weight excluding hydrogens is 484 g/mol. The largest absolute Gasteiger partial charge is 0.437 e. The van der Waals surface area contributed by atoms with Crippen molar-refractivity contribution in [1.29, 1.82) is 0 Å². The van der Waals surface area contributed by atoms with Gasteiger partial charge in [-0.3, -0.25) is 4.79 Å². The van der Waals surface area contributed by atoms with Gasteiger partial charge in [-0.2, -0.15) is 4.98 Å². The first-order valence-electron chi connectivity index (χ1n) is 10.6. The Bertz CT molecular complexity index is 1310. The van der Waals surface area contributed by atoms with E-state index in [0.717, 1.165) is 21.8 Å². The number of aromatic nitrogens is 2. The van der Waals surface area contributed by atoms with E-state index in [1.807, 2.05) is 47.5 Å². The summed E-state index contributed by atoms with van der Waals surface area (Å²) in [5.74, 6) is 3.30. The van der Waals surface area contributed by atoms with Crippen molar-refractivity contribution >= 4 is 56.5 Å². The van der Waals surface area contributed by atoms with Crippen LogP contribution < -0.4 is 15.4 Å². The van der Waals surface area contributed by atoms with Crippen LogP contribution in [0.15, 0.2) is 77.5 Å². The average Bonchev–Trinajstić information content (AvgIpc) is 3.53. The van der Waals surface area contributed by atoms with Crippen molar-refractivity contribution in [3.63, 3.8) is 0 Å². The number of carbonyl (C=O) groups is 1. The van der Waals surface area contributed by atoms with Crippen LogP contribution in [0.1, 0.15) is 12.8 Å². The number of thiophene rings is 1. The van der Waals surface area contributed by atoms with E-state index in [1.54, 1.807) is 12.1 Å². The molecule has 4 aromatic rings. The Morgan fingerprint density at radius 2 is 1.91 bits per heavy atom. The van der Waals surface area contributed by atoms with Crippen LogP contribution in [0.4, 0.5) is 17.3 Å². The standard InChI is InChI=1S/C25H22N4O2S2.2H2O/c1-2-22(30)26-18-4-3-5-19(14-18)31-24-23-21(12-13-32-23)28-25(29-24)27-17-8-10-20(11-9-17)33-15-16-6-7-16;;/h2-5,8-14,16H,1,6-7,15H2,(H,26,30)(H,27,28,29);2*1H2. The van der Waals surface area contributed by atoms with E-state index in [9.17, 15) is 4.79 Å². The number of rotatable bonds is 9. The highest BCUT2D eigenvalue weighted by molar-refractivity contribution is 7.99. The number of nitrogens with zero attached hydrogens (tertiary/aromatic N) is 2. The molecule has 0 bridgehead atoms. The van der Waals surface area contributed by atoms with Gasteiger partial charge in [-0.05, 0) is 72.7 Å². The van der Waals surface area contributed by atoms with Crippen LogP contribution in [0.2, 0.25) is 0 Å². The maximum Gasteiger partial charge on any atom is 0.247 e. The van der Waals surface area contributed by atoms with Crippen LogP contribution in [-0.2, 0) is 4.79 Å². The lowest BCUT2D eigenvalue weighted by Crippen LogP contribution is -2.07. The molecule has 1 fully saturated rings. The molecule has 5 rings (SSSR count). The van der Waals surface area contributed by atoms with Crippen LogP contribution in [0, 0.1) is 5.92 Å². The summed E-state index contributed by atoms with van der Waals surface area (Å²) in [6.07, 6.45) is 3.96. The molecule has 0 saturated heterocycles. The van der Waals surface area contributed by atoms with Gasteiger partial charge >= 0.3 is 0 Å². The van der Waals surface area contributed by atoms with Gasteiger partial charge in [0.1, 0.15) is 10.4 Å². The summed E-state index contributed by atoms with van der Waals surface area (Å²) in [5, 5.41) is 7.98. The second-order valence-corrected chi connectivity index (χ2v) is 9.72. The van der Waals surface area contributed by atoms with Gasteiger partial charge in [0.05, 0.1) is 5.52 Å². The molecule has 1 saturated carbocycles. The zero-order valence-corrected chi connectivity index (χ0v) is 20.4. The predicted octanol–water partition coefficient (Wildman–Crippen LogP) is 5.20. The quantitative estimate of drug-likeness (QED) is 0.234. The zero-order chi connectivity index (χ0) is 22.6. The highest BCUT2D eigenvalue weighted by atomic mass is 32.2. The van der Waals surface area contributed by atoms with E-state index in [2.05, 4.69) is 39.3 Å². The topological polar surface area (TPSA) is 139 Å². The summed E-state index contributed by atoms with van der Waals surface area (Å²) in [5.41, 5.74) is 2.34. The molecule has 1 aliphatic rings. The highest BCUT2D eigenvalue weighted by Gasteiger charge is 2.21. The first kappa shape index (κ1) is 26.2. The molecule has 35 heavy (non-hydrogen) atoms. The number of carbonyl (C=O) groups excluding carboxylic acids is 1. The van der Waals surface area contributed by atoms with Gasteiger partial charge in [0, 0.05) is 28.1 Å². The minimum Gasteiger partial charge on any atom is -0.437 e. The molecule has 8 nitrogen and oxygen atoms in total. The number of amides is 1. The van der Waals surface area contributed by atoms with E-state index in [0.29, 0.717) is 23.3 Å². The predicted molar refractivity (Wildman–Crippen MR) is 143 cm³/mol. The normalized spacial score (nSPS) is 12.2. The van der Waals surface area contributed by atoms with Crippen molar-refractivity contribution in [2.24, 2.45) is 5.92 Å². The van der Waals surface area contributed by atoms with Crippen molar-refractivity contribution in [2.75, 3.05) is 16.4 Å². The molecule has 2 aromatic carbocycles. The number of benzene rings is 2. The van der Waals surface area contributed by atoms with E-state index < -0.39 is 0 Å². The van der Waals surface area contributed by atoms with Crippen LogP contribution in [-0.4, -0.2) is 32.6 Å². The minimum absolute atomic E-state index is 0. The summed E-state index contributed by atoms with van der Waals surface area (Å²) in [6.45, 7) is 3.48. The fraction of sp³-hybridized carbons (Fsp3) is 0.160. The first-order valence-corrected chi connectivity index (χ1v) is 12.5. The van der Waals surface area contributed by atoms with Crippen molar-refractivity contribution in [3.8, 4) is 11.6 Å². The smallest absolute Gasteiger partial charge is 0.247 e. The number of hydrogen-bond donors (Lipinski definition) is 2. The minimum atomic E-state index is -0.279. The Morgan fingerprint density at radius 1 is 1.11 bits per heavy atom. The molecule has 10 heteroatoms. The lowest BCUT2D eigenvalue weighted by atomic mass is 10.3. The van der Waals surface area contributed by atoms with Crippen LogP contribution in [0.5, 0.6) is 11.6 Å². The molecule has 0 atom stereocenters. The third-order valence-corrected chi connectivity index (χ3v) is 7.20. The van der Waals surface area contributed by atoms with Crippen molar-refractivity contribution in [2.45, 2.75) is 17.7 Å². The maximum absolute atomic E-state index is 11.6. The highest BCUT2D eigenvalue weighted by Crippen LogP contribution is 2.36. The molecule has 182 valence electrons. The van der Waals surface area contributed by atoms with Gasteiger partial charge < -0.3 is 26.3 Å². The molecule has 2 heterocycles. The third-order valence-electron chi connectivity index (χ3n) is 5.07. The number of thioether (sulfide) groups is 1. The SMILES string of the molecule is C=CC(=O)Nc1cccc(Oc2nc(Nc3ccc(SCC4CC4)cc3)nc3ccsc23)c1.O.O. The fourth-order valence-electron chi connectivity index (χ4n) is 3.17. The fourth-order valence-corrected chi connectivity index (χ4v) is 5.01. The van der Waals surface area contributed by atoms with Gasteiger partial charge in [-0.25, -0.2) is 4.98 Å². The van der Waals surface area contributed by atoms with E-state index in [4.69, 9.17) is 4.74 Å². The maximum atomic E-state index is 11.6. The van der Waals surface area contributed by atoms with Gasteiger partial charge in [0.2, 0.25) is 17.7 Å². The number of hydrogen-bond acceptors (Lipinski definition) is 7. The molecule has 0 aliphatic heterocycles. The van der Waals surface area contributed by atoms with Gasteiger partial charge in [0.25, 0.3) is 0 Å². The number of nitrogens with one attached hydrogen (secondary N) is 2. The second kappa shape index (κ2) is 11.8. The Labute approximate surface area is 211 Å². The lowest BCUT2D eigenvalue weighted by molar-refractivity contribution is -0.111. The van der Waals surface area contributed by atoms with E-state index >= 15 is 0 Å². The molecule has 0 spiro atoms. The van der Waals surface area contributed by atoms with Crippen molar-refractivity contribution < 1.29 is 20.5 Å². The van der Waals surface area contributed by atoms with Crippen LogP contribution in [0.3, 0.4) is 0 Å². The van der Waals surface area contributed by atoms with Crippen LogP contribution in [0.25, 0.3) is 10.2 Å². The van der Waals surface area contributed by atoms with Crippen molar-refractivity contribution in [1.82, 2.24) is 9.97 Å². The first-order chi connectivity index (χ1) is 16.2. The number of fused-ring (bicyclic) bond motifs is 1. The summed E-state index contributed by atoms with van der Waals surface area (Å²) in [4.78, 5) is 22.1. The van der Waals surface area contributed by atoms with Gasteiger partial charge in [-0.1, -0.05) is 12.6 Å². The zero-order valence-electron chi connectivity index (χ0n) is 18.8. The molecule has 1 aliphatic carbocycles. The van der Waals surface area contributed by atoms with Gasteiger partial charge in [-0.15, -0.1) is 23.1 Å². The second-order valence-electron chi connectivity index (χ2n) is 7.71. The molecule has 0 unspecified atom stereocenters. The van der Waals surface area contributed by atoms with E-state index in [-0.39, 0.29) is 16.9 Å². The van der Waals surface area contributed by atoms with Gasteiger partial charge in [0.15, 0.2) is 0 Å². The monoisotopic (exact) mass is 510 g/mol. The Balaban J connectivity index is 0.00000171. The van der Waals surface area contributed by atoms with E-state index in [1.165, 1.54) is 40.9 Å². The number of anilines is 3. The summed E-state index contributed by atoms with van der Waals surface area (Å²) >= 11 is 3.43. The third kappa shape index (κ3) is 6.80. The summed E-state index contributed by atoms with van der Waals surface area (Å²) in [6, 6.07) is 17.4. The molecular formula is C25H26N4O4S2. The average molecular weight is 511 g/mol. The molecule has 1 amide bonds. The summed E-state index contributed by atoms with van der Waals surface area (Å²) in [7, 11) is 0. The Hall–Kier alpha value is -3.44.